The molecule has 1 amide bonds. The monoisotopic (exact) mass is 324 g/mol. The predicted octanol–water partition coefficient (Wildman–Crippen LogP) is 4.28. The zero-order chi connectivity index (χ0) is 17.4. The van der Waals surface area contributed by atoms with Crippen LogP contribution in [0.1, 0.15) is 33.3 Å². The van der Waals surface area contributed by atoms with Gasteiger partial charge in [-0.15, -0.1) is 0 Å². The number of hydrogen-bond donors (Lipinski definition) is 1. The lowest BCUT2D eigenvalue weighted by atomic mass is 10.0. The van der Waals surface area contributed by atoms with E-state index in [-0.39, 0.29) is 22.7 Å². The van der Waals surface area contributed by atoms with Gasteiger partial charge in [0.25, 0.3) is 0 Å². The Kier molecular flexibility index (Phi) is 4.08. The van der Waals surface area contributed by atoms with E-state index in [9.17, 15) is 4.79 Å². The van der Waals surface area contributed by atoms with Crippen LogP contribution < -0.4 is 10.1 Å². The zero-order valence-electron chi connectivity index (χ0n) is 14.7. The molecule has 0 aliphatic heterocycles. The van der Waals surface area contributed by atoms with E-state index in [0.717, 1.165) is 17.0 Å². The summed E-state index contributed by atoms with van der Waals surface area (Å²) in [5.74, 6) is 0.838. The number of anilines is 1. The third-order valence-electron chi connectivity index (χ3n) is 5.51. The van der Waals surface area contributed by atoms with Gasteiger partial charge < -0.3 is 10.1 Å². The first kappa shape index (κ1) is 16.5. The summed E-state index contributed by atoms with van der Waals surface area (Å²) < 4.78 is 5.78. The standard InChI is InChI=1S/C20H24N2O2/c1-19(2)17(20(19,3)4)18(23)22-15-8-5-9-16(11-15)24-13-14-7-6-10-21-12-14/h5-12,17H,13H2,1-4H3,(H,22,23). The van der Waals surface area contributed by atoms with Crippen molar-refractivity contribution in [2.24, 2.45) is 16.7 Å². The Bertz CT molecular complexity index is 724. The molecule has 1 saturated carbocycles. The van der Waals surface area contributed by atoms with Gasteiger partial charge in [0.15, 0.2) is 0 Å². The van der Waals surface area contributed by atoms with Crippen molar-refractivity contribution in [1.82, 2.24) is 4.98 Å². The molecule has 0 unspecified atom stereocenters. The maximum absolute atomic E-state index is 12.5. The molecule has 4 nitrogen and oxygen atoms in total. The van der Waals surface area contributed by atoms with Gasteiger partial charge in [-0.05, 0) is 29.0 Å². The van der Waals surface area contributed by atoms with Gasteiger partial charge in [0.2, 0.25) is 5.91 Å². The maximum atomic E-state index is 12.5. The molecule has 126 valence electrons. The number of ether oxygens (including phenoxy) is 1. The largest absolute Gasteiger partial charge is 0.489 e. The lowest BCUT2D eigenvalue weighted by Gasteiger charge is -2.10. The second-order valence-electron chi connectivity index (χ2n) is 7.54. The van der Waals surface area contributed by atoms with Gasteiger partial charge >= 0.3 is 0 Å². The molecule has 4 heteroatoms. The predicted molar refractivity (Wildman–Crippen MR) is 94.7 cm³/mol. The van der Waals surface area contributed by atoms with E-state index in [2.05, 4.69) is 38.0 Å². The molecule has 0 bridgehead atoms. The number of aromatic nitrogens is 1. The molecule has 1 fully saturated rings. The van der Waals surface area contributed by atoms with Crippen LogP contribution in [0.3, 0.4) is 0 Å². The van der Waals surface area contributed by atoms with Gasteiger partial charge in [-0.1, -0.05) is 39.8 Å². The number of benzene rings is 1. The highest BCUT2D eigenvalue weighted by Crippen LogP contribution is 2.68. The molecule has 0 atom stereocenters. The number of rotatable bonds is 5. The minimum Gasteiger partial charge on any atom is -0.489 e. The maximum Gasteiger partial charge on any atom is 0.228 e. The number of carbonyl (C=O) groups is 1. The van der Waals surface area contributed by atoms with Crippen LogP contribution in [0.15, 0.2) is 48.8 Å². The van der Waals surface area contributed by atoms with Crippen LogP contribution in [0, 0.1) is 16.7 Å². The van der Waals surface area contributed by atoms with Gasteiger partial charge in [0.1, 0.15) is 12.4 Å². The summed E-state index contributed by atoms with van der Waals surface area (Å²) in [5.41, 5.74) is 1.84. The molecule has 0 saturated heterocycles. The van der Waals surface area contributed by atoms with Gasteiger partial charge in [-0.2, -0.15) is 0 Å². The molecular formula is C20H24N2O2. The van der Waals surface area contributed by atoms with Crippen molar-refractivity contribution in [3.05, 3.63) is 54.4 Å². The Labute approximate surface area is 143 Å². The highest BCUT2D eigenvalue weighted by Gasteiger charge is 2.68. The van der Waals surface area contributed by atoms with Gasteiger partial charge in [-0.3, -0.25) is 9.78 Å². The molecule has 0 spiro atoms. The van der Waals surface area contributed by atoms with Crippen molar-refractivity contribution in [2.75, 3.05) is 5.32 Å². The van der Waals surface area contributed by atoms with Crippen molar-refractivity contribution in [2.45, 2.75) is 34.3 Å². The average Bonchev–Trinajstić information content (AvgIpc) is 2.96. The van der Waals surface area contributed by atoms with Gasteiger partial charge in [0.05, 0.1) is 0 Å². The fourth-order valence-corrected chi connectivity index (χ4v) is 3.38. The van der Waals surface area contributed by atoms with E-state index in [0.29, 0.717) is 6.61 Å². The average molecular weight is 324 g/mol. The summed E-state index contributed by atoms with van der Waals surface area (Å²) >= 11 is 0. The fourth-order valence-electron chi connectivity index (χ4n) is 3.38. The van der Waals surface area contributed by atoms with Crippen LogP contribution in [-0.2, 0) is 11.4 Å². The van der Waals surface area contributed by atoms with E-state index in [1.807, 2.05) is 36.4 Å². The molecule has 3 rings (SSSR count). The summed E-state index contributed by atoms with van der Waals surface area (Å²) in [4.78, 5) is 16.6. The molecule has 1 aromatic carbocycles. The molecular weight excluding hydrogens is 300 g/mol. The molecule has 1 heterocycles. The zero-order valence-corrected chi connectivity index (χ0v) is 14.7. The number of amides is 1. The Morgan fingerprint density at radius 2 is 1.92 bits per heavy atom. The number of hydrogen-bond acceptors (Lipinski definition) is 3. The summed E-state index contributed by atoms with van der Waals surface area (Å²) in [6, 6.07) is 11.4. The third kappa shape index (κ3) is 3.01. The molecule has 0 radical (unpaired) electrons. The molecule has 1 N–H and O–H groups in total. The van der Waals surface area contributed by atoms with E-state index in [1.165, 1.54) is 0 Å². The lowest BCUT2D eigenvalue weighted by Crippen LogP contribution is -2.17. The number of carbonyl (C=O) groups excluding carboxylic acids is 1. The van der Waals surface area contributed by atoms with Crippen LogP contribution >= 0.6 is 0 Å². The lowest BCUT2D eigenvalue weighted by molar-refractivity contribution is -0.118. The summed E-state index contributed by atoms with van der Waals surface area (Å²) in [6.45, 7) is 9.03. The number of pyridine rings is 1. The highest BCUT2D eigenvalue weighted by molar-refractivity contribution is 5.96. The van der Waals surface area contributed by atoms with Gasteiger partial charge in [-0.25, -0.2) is 0 Å². The summed E-state index contributed by atoms with van der Waals surface area (Å²) in [7, 11) is 0. The summed E-state index contributed by atoms with van der Waals surface area (Å²) in [6.07, 6.45) is 3.52. The van der Waals surface area contributed by atoms with Crippen LogP contribution in [0.5, 0.6) is 5.75 Å². The second-order valence-corrected chi connectivity index (χ2v) is 7.54. The highest BCUT2D eigenvalue weighted by atomic mass is 16.5. The van der Waals surface area contributed by atoms with E-state index in [1.54, 1.807) is 12.4 Å². The second kappa shape index (κ2) is 5.93. The summed E-state index contributed by atoms with van der Waals surface area (Å²) in [5, 5.41) is 3.02. The van der Waals surface area contributed by atoms with Crippen molar-refractivity contribution in [1.29, 1.82) is 0 Å². The Morgan fingerprint density at radius 1 is 1.17 bits per heavy atom. The van der Waals surface area contributed by atoms with Crippen LogP contribution in [-0.4, -0.2) is 10.9 Å². The normalized spacial score (nSPS) is 18.0. The molecule has 1 aliphatic rings. The smallest absolute Gasteiger partial charge is 0.228 e. The van der Waals surface area contributed by atoms with E-state index >= 15 is 0 Å². The van der Waals surface area contributed by atoms with E-state index in [4.69, 9.17) is 4.74 Å². The van der Waals surface area contributed by atoms with Crippen molar-refractivity contribution in [3.8, 4) is 5.75 Å². The first-order valence-electron chi connectivity index (χ1n) is 8.25. The number of nitrogens with one attached hydrogen (secondary N) is 1. The fraction of sp³-hybridized carbons (Fsp3) is 0.400. The van der Waals surface area contributed by atoms with E-state index < -0.39 is 0 Å². The SMILES string of the molecule is CC1(C)C(C(=O)Nc2cccc(OCc3cccnc3)c2)C1(C)C. The molecule has 1 aromatic heterocycles. The van der Waals surface area contributed by atoms with Crippen molar-refractivity contribution >= 4 is 11.6 Å². The Morgan fingerprint density at radius 3 is 2.54 bits per heavy atom. The first-order chi connectivity index (χ1) is 11.3. The van der Waals surface area contributed by atoms with Gasteiger partial charge in [0, 0.05) is 35.6 Å². The quantitative estimate of drug-likeness (QED) is 0.893. The number of nitrogens with zero attached hydrogens (tertiary/aromatic N) is 1. The molecule has 2 aromatic rings. The van der Waals surface area contributed by atoms with Crippen LogP contribution in [0.25, 0.3) is 0 Å². The van der Waals surface area contributed by atoms with Crippen LogP contribution in [0.2, 0.25) is 0 Å². The Balaban J connectivity index is 1.63. The van der Waals surface area contributed by atoms with Crippen molar-refractivity contribution < 1.29 is 9.53 Å². The van der Waals surface area contributed by atoms with Crippen molar-refractivity contribution in [3.63, 3.8) is 0 Å². The topological polar surface area (TPSA) is 51.2 Å². The molecule has 24 heavy (non-hydrogen) atoms. The molecule has 1 aliphatic carbocycles. The Hall–Kier alpha value is -2.36. The first-order valence-corrected chi connectivity index (χ1v) is 8.25. The third-order valence-corrected chi connectivity index (χ3v) is 5.51. The minimum absolute atomic E-state index is 0.0324. The minimum atomic E-state index is 0.0324. The van der Waals surface area contributed by atoms with Crippen LogP contribution in [0.4, 0.5) is 5.69 Å².